The van der Waals surface area contributed by atoms with Gasteiger partial charge in [-0.3, -0.25) is 9.78 Å². The summed E-state index contributed by atoms with van der Waals surface area (Å²) in [5, 5.41) is 3.26. The van der Waals surface area contributed by atoms with E-state index in [0.29, 0.717) is 6.54 Å². The van der Waals surface area contributed by atoms with Gasteiger partial charge in [0.05, 0.1) is 23.6 Å². The zero-order chi connectivity index (χ0) is 14.5. The molecule has 1 atom stereocenters. The molecule has 0 saturated heterocycles. The van der Waals surface area contributed by atoms with Crippen molar-refractivity contribution < 1.29 is 4.39 Å². The topological polar surface area (TPSA) is 46.9 Å². The second kappa shape index (κ2) is 6.32. The van der Waals surface area contributed by atoms with Gasteiger partial charge in [-0.2, -0.15) is 0 Å². The Balaban J connectivity index is 2.15. The number of aryl methyl sites for hydroxylation is 1. The summed E-state index contributed by atoms with van der Waals surface area (Å²) >= 11 is 0. The molecule has 0 amide bonds. The number of nitrogens with one attached hydrogen (secondary N) is 1. The van der Waals surface area contributed by atoms with Gasteiger partial charge in [0.1, 0.15) is 5.82 Å². The number of rotatable bonds is 5. The Morgan fingerprint density at radius 2 is 2.15 bits per heavy atom. The van der Waals surface area contributed by atoms with E-state index in [2.05, 4.69) is 10.3 Å². The standard InChI is InChI=1S/C15H18FN3O/c1-3-8-19-10-13(5-7-15(19)20)18-11(2)14-6-4-12(16)9-17-14/h4-7,9-11,18H,3,8H2,1-2H3. The van der Waals surface area contributed by atoms with Gasteiger partial charge in [-0.25, -0.2) is 4.39 Å². The Bertz CT molecular complexity index is 622. The molecule has 0 spiro atoms. The Morgan fingerprint density at radius 3 is 2.80 bits per heavy atom. The van der Waals surface area contributed by atoms with Crippen molar-refractivity contribution >= 4 is 5.69 Å². The summed E-state index contributed by atoms with van der Waals surface area (Å²) in [6, 6.07) is 6.26. The van der Waals surface area contributed by atoms with Crippen molar-refractivity contribution in [1.29, 1.82) is 0 Å². The fraction of sp³-hybridized carbons (Fsp3) is 0.333. The van der Waals surface area contributed by atoms with Crippen LogP contribution in [0.3, 0.4) is 0 Å². The molecule has 20 heavy (non-hydrogen) atoms. The molecule has 2 rings (SSSR count). The molecule has 0 bridgehead atoms. The average Bonchev–Trinajstić information content (AvgIpc) is 2.43. The van der Waals surface area contributed by atoms with Crippen molar-refractivity contribution in [1.82, 2.24) is 9.55 Å². The Kier molecular flexibility index (Phi) is 4.50. The molecule has 5 heteroatoms. The molecule has 0 aliphatic carbocycles. The molecular formula is C15H18FN3O. The van der Waals surface area contributed by atoms with Crippen LogP contribution in [0.15, 0.2) is 41.5 Å². The number of hydrogen-bond acceptors (Lipinski definition) is 3. The highest BCUT2D eigenvalue weighted by atomic mass is 19.1. The highest BCUT2D eigenvalue weighted by Gasteiger charge is 2.07. The maximum atomic E-state index is 12.8. The van der Waals surface area contributed by atoms with Gasteiger partial charge in [-0.15, -0.1) is 0 Å². The average molecular weight is 275 g/mol. The molecule has 2 aromatic rings. The van der Waals surface area contributed by atoms with Gasteiger partial charge in [0.25, 0.3) is 5.56 Å². The number of halogens is 1. The first-order valence-electron chi connectivity index (χ1n) is 6.68. The van der Waals surface area contributed by atoms with Crippen molar-refractivity contribution in [2.24, 2.45) is 0 Å². The predicted molar refractivity (Wildman–Crippen MR) is 77.2 cm³/mol. The second-order valence-electron chi connectivity index (χ2n) is 4.72. The number of aromatic nitrogens is 2. The van der Waals surface area contributed by atoms with Crippen LogP contribution in [0.25, 0.3) is 0 Å². The van der Waals surface area contributed by atoms with E-state index in [9.17, 15) is 9.18 Å². The van der Waals surface area contributed by atoms with E-state index in [4.69, 9.17) is 0 Å². The molecule has 2 heterocycles. The number of anilines is 1. The van der Waals surface area contributed by atoms with Crippen LogP contribution in [0.5, 0.6) is 0 Å². The number of nitrogens with zero attached hydrogens (tertiary/aromatic N) is 2. The lowest BCUT2D eigenvalue weighted by Gasteiger charge is -2.15. The quantitative estimate of drug-likeness (QED) is 0.912. The molecule has 0 fully saturated rings. The third-order valence-electron chi connectivity index (χ3n) is 3.03. The molecule has 4 nitrogen and oxygen atoms in total. The Hall–Kier alpha value is -2.17. The molecule has 0 radical (unpaired) electrons. The Morgan fingerprint density at radius 1 is 1.35 bits per heavy atom. The van der Waals surface area contributed by atoms with Gasteiger partial charge >= 0.3 is 0 Å². The van der Waals surface area contributed by atoms with E-state index in [0.717, 1.165) is 17.8 Å². The predicted octanol–water partition coefficient (Wildman–Crippen LogP) is 2.97. The van der Waals surface area contributed by atoms with E-state index < -0.39 is 0 Å². The van der Waals surface area contributed by atoms with E-state index in [1.807, 2.05) is 13.8 Å². The van der Waals surface area contributed by atoms with Crippen LogP contribution in [-0.4, -0.2) is 9.55 Å². The summed E-state index contributed by atoms with van der Waals surface area (Å²) in [6.07, 6.45) is 3.90. The molecular weight excluding hydrogens is 257 g/mol. The monoisotopic (exact) mass is 275 g/mol. The van der Waals surface area contributed by atoms with Gasteiger partial charge in [0, 0.05) is 18.8 Å². The van der Waals surface area contributed by atoms with Crippen LogP contribution in [0.4, 0.5) is 10.1 Å². The molecule has 0 aliphatic rings. The van der Waals surface area contributed by atoms with Crippen LogP contribution in [0.1, 0.15) is 32.0 Å². The first-order valence-corrected chi connectivity index (χ1v) is 6.68. The normalized spacial score (nSPS) is 12.2. The lowest BCUT2D eigenvalue weighted by molar-refractivity contribution is 0.617. The van der Waals surface area contributed by atoms with Crippen molar-refractivity contribution in [3.05, 3.63) is 58.5 Å². The molecule has 2 aromatic heterocycles. The van der Waals surface area contributed by atoms with E-state index in [-0.39, 0.29) is 17.4 Å². The summed E-state index contributed by atoms with van der Waals surface area (Å²) in [5.41, 5.74) is 1.58. The van der Waals surface area contributed by atoms with Gasteiger partial charge in [0.2, 0.25) is 0 Å². The van der Waals surface area contributed by atoms with E-state index >= 15 is 0 Å². The SMILES string of the molecule is CCCn1cc(NC(C)c2ccc(F)cn2)ccc1=O. The van der Waals surface area contributed by atoms with Crippen LogP contribution in [-0.2, 0) is 6.54 Å². The Labute approximate surface area is 117 Å². The summed E-state index contributed by atoms with van der Waals surface area (Å²) in [5.74, 6) is -0.350. The van der Waals surface area contributed by atoms with Crippen LogP contribution >= 0.6 is 0 Å². The highest BCUT2D eigenvalue weighted by Crippen LogP contribution is 2.16. The first-order chi connectivity index (χ1) is 9.60. The summed E-state index contributed by atoms with van der Waals surface area (Å²) in [6.45, 7) is 4.66. The smallest absolute Gasteiger partial charge is 0.250 e. The summed E-state index contributed by atoms with van der Waals surface area (Å²) in [4.78, 5) is 15.7. The van der Waals surface area contributed by atoms with Crippen molar-refractivity contribution in [2.45, 2.75) is 32.9 Å². The third kappa shape index (κ3) is 3.44. The van der Waals surface area contributed by atoms with Gasteiger partial charge in [0.15, 0.2) is 0 Å². The van der Waals surface area contributed by atoms with E-state index in [1.54, 1.807) is 29.0 Å². The summed E-state index contributed by atoms with van der Waals surface area (Å²) < 4.78 is 14.5. The fourth-order valence-corrected chi connectivity index (χ4v) is 2.00. The lowest BCUT2D eigenvalue weighted by atomic mass is 10.2. The van der Waals surface area contributed by atoms with Gasteiger partial charge in [-0.1, -0.05) is 6.92 Å². The second-order valence-corrected chi connectivity index (χ2v) is 4.72. The number of pyridine rings is 2. The number of hydrogen-bond donors (Lipinski definition) is 1. The van der Waals surface area contributed by atoms with Gasteiger partial charge in [-0.05, 0) is 31.5 Å². The molecule has 0 aromatic carbocycles. The third-order valence-corrected chi connectivity index (χ3v) is 3.03. The van der Waals surface area contributed by atoms with Crippen molar-refractivity contribution in [3.8, 4) is 0 Å². The minimum atomic E-state index is -0.350. The zero-order valence-electron chi connectivity index (χ0n) is 11.6. The van der Waals surface area contributed by atoms with E-state index in [1.165, 1.54) is 12.3 Å². The first kappa shape index (κ1) is 14.2. The molecule has 0 aliphatic heterocycles. The fourth-order valence-electron chi connectivity index (χ4n) is 2.00. The molecule has 1 N–H and O–H groups in total. The summed E-state index contributed by atoms with van der Waals surface area (Å²) in [7, 11) is 0. The lowest BCUT2D eigenvalue weighted by Crippen LogP contribution is -2.19. The van der Waals surface area contributed by atoms with Crippen LogP contribution in [0.2, 0.25) is 0 Å². The minimum absolute atomic E-state index is 0.00930. The zero-order valence-corrected chi connectivity index (χ0v) is 11.6. The van der Waals surface area contributed by atoms with Crippen LogP contribution in [0, 0.1) is 5.82 Å². The molecule has 106 valence electrons. The van der Waals surface area contributed by atoms with Crippen molar-refractivity contribution in [2.75, 3.05) is 5.32 Å². The molecule has 0 saturated carbocycles. The highest BCUT2D eigenvalue weighted by molar-refractivity contribution is 5.42. The largest absolute Gasteiger partial charge is 0.376 e. The minimum Gasteiger partial charge on any atom is -0.376 e. The van der Waals surface area contributed by atoms with Crippen LogP contribution < -0.4 is 10.9 Å². The maximum absolute atomic E-state index is 12.8. The molecule has 1 unspecified atom stereocenters. The van der Waals surface area contributed by atoms with Gasteiger partial charge < -0.3 is 9.88 Å². The maximum Gasteiger partial charge on any atom is 0.250 e. The van der Waals surface area contributed by atoms with Crippen molar-refractivity contribution in [3.63, 3.8) is 0 Å².